The molecule has 1 atom stereocenters. The molecule has 1 aliphatic heterocycles. The summed E-state index contributed by atoms with van der Waals surface area (Å²) >= 11 is 10.2. The smallest absolute Gasteiger partial charge is 0.434 e. The number of carbonyl (C=O) groups is 1. The van der Waals surface area contributed by atoms with Gasteiger partial charge in [0.25, 0.3) is 5.56 Å². The Morgan fingerprint density at radius 2 is 1.73 bits per heavy atom. The molecule has 5 rings (SSSR count). The molecular formula is C32H25BrClF3N2O5S. The Bertz CT molecular complexity index is 1940. The van der Waals surface area contributed by atoms with Crippen LogP contribution in [-0.2, 0) is 16.1 Å². The van der Waals surface area contributed by atoms with Gasteiger partial charge in [-0.15, -0.1) is 0 Å². The predicted octanol–water partition coefficient (Wildman–Crippen LogP) is 6.73. The first-order valence-electron chi connectivity index (χ1n) is 13.7. The van der Waals surface area contributed by atoms with Crippen molar-refractivity contribution in [2.45, 2.75) is 32.7 Å². The van der Waals surface area contributed by atoms with Crippen molar-refractivity contribution in [2.75, 3.05) is 13.2 Å². The van der Waals surface area contributed by atoms with E-state index in [1.165, 1.54) is 37.3 Å². The molecule has 0 spiro atoms. The standard InChI is InChI=1S/C32H25BrClF3N2O5S/c1-3-42-24-15-19(7-14-23(24)44-17-18-5-10-21(33)11-6-18)16-25-29(40)39-27(20-8-12-22(34)13-9-20)26(30(41)43-4-2)28(32(35,36)37)38-31(39)45-25/h5-16,27H,3-4,17H2,1-2H3/b25-16-/t27-/m1/s1. The monoisotopic (exact) mass is 720 g/mol. The highest BCUT2D eigenvalue weighted by atomic mass is 79.9. The number of allylic oxidation sites excluding steroid dienone is 1. The van der Waals surface area contributed by atoms with Crippen LogP contribution in [0.25, 0.3) is 6.08 Å². The van der Waals surface area contributed by atoms with Crippen molar-refractivity contribution in [3.05, 3.63) is 124 Å². The molecule has 4 aromatic rings. The first-order chi connectivity index (χ1) is 21.5. The van der Waals surface area contributed by atoms with E-state index in [1.54, 1.807) is 18.2 Å². The molecule has 0 amide bonds. The van der Waals surface area contributed by atoms with Crippen molar-refractivity contribution in [1.82, 2.24) is 4.57 Å². The van der Waals surface area contributed by atoms with Gasteiger partial charge in [-0.05, 0) is 73.0 Å². The minimum absolute atomic E-state index is 0.102. The minimum atomic E-state index is -5.00. The van der Waals surface area contributed by atoms with Crippen LogP contribution in [0.4, 0.5) is 13.2 Å². The molecule has 0 bridgehead atoms. The number of benzene rings is 3. The highest BCUT2D eigenvalue weighted by molar-refractivity contribution is 9.10. The second-order valence-electron chi connectivity index (χ2n) is 9.67. The van der Waals surface area contributed by atoms with Gasteiger partial charge in [-0.2, -0.15) is 13.2 Å². The zero-order valence-corrected chi connectivity index (χ0v) is 27.0. The van der Waals surface area contributed by atoms with Crippen LogP contribution in [0.2, 0.25) is 5.02 Å². The van der Waals surface area contributed by atoms with Gasteiger partial charge in [0.05, 0.1) is 29.4 Å². The predicted molar refractivity (Wildman–Crippen MR) is 168 cm³/mol. The number of hydrogen-bond donors (Lipinski definition) is 0. The van der Waals surface area contributed by atoms with Gasteiger partial charge in [-0.1, -0.05) is 69.2 Å². The van der Waals surface area contributed by atoms with E-state index in [2.05, 4.69) is 20.9 Å². The Kier molecular flexibility index (Phi) is 9.85. The quantitative estimate of drug-likeness (QED) is 0.179. The number of aromatic nitrogens is 1. The van der Waals surface area contributed by atoms with Crippen LogP contribution in [-0.4, -0.2) is 29.9 Å². The fraction of sp³-hybridized carbons (Fsp3) is 0.219. The van der Waals surface area contributed by atoms with Crippen molar-refractivity contribution >= 4 is 50.9 Å². The Morgan fingerprint density at radius 1 is 1.02 bits per heavy atom. The van der Waals surface area contributed by atoms with Gasteiger partial charge in [-0.25, -0.2) is 9.79 Å². The van der Waals surface area contributed by atoms with Crippen molar-refractivity contribution in [3.63, 3.8) is 0 Å². The highest BCUT2D eigenvalue weighted by Gasteiger charge is 2.45. The second kappa shape index (κ2) is 13.6. The largest absolute Gasteiger partial charge is 0.490 e. The number of ether oxygens (including phenoxy) is 3. The first kappa shape index (κ1) is 32.5. The van der Waals surface area contributed by atoms with E-state index in [0.29, 0.717) is 35.3 Å². The Morgan fingerprint density at radius 3 is 2.38 bits per heavy atom. The molecule has 0 N–H and O–H groups in total. The zero-order valence-electron chi connectivity index (χ0n) is 23.9. The molecule has 2 heterocycles. The van der Waals surface area contributed by atoms with E-state index in [9.17, 15) is 22.8 Å². The number of rotatable bonds is 9. The molecule has 0 radical (unpaired) electrons. The van der Waals surface area contributed by atoms with Crippen molar-refractivity contribution < 1.29 is 32.2 Å². The molecule has 13 heteroatoms. The van der Waals surface area contributed by atoms with Crippen LogP contribution in [0.3, 0.4) is 0 Å². The van der Waals surface area contributed by atoms with Crippen LogP contribution >= 0.6 is 38.9 Å². The lowest BCUT2D eigenvalue weighted by Crippen LogP contribution is -2.41. The summed E-state index contributed by atoms with van der Waals surface area (Å²) in [6, 6.07) is 17.2. The third-order valence-electron chi connectivity index (χ3n) is 6.65. The molecule has 0 aliphatic carbocycles. The first-order valence-corrected chi connectivity index (χ1v) is 15.7. The lowest BCUT2D eigenvalue weighted by molar-refractivity contribution is -0.140. The Balaban J connectivity index is 1.61. The average Bonchev–Trinajstić information content (AvgIpc) is 3.31. The summed E-state index contributed by atoms with van der Waals surface area (Å²) in [5.74, 6) is -0.308. The van der Waals surface area contributed by atoms with E-state index in [-0.39, 0.29) is 21.5 Å². The number of carbonyl (C=O) groups excluding carboxylic acids is 1. The molecule has 0 saturated carbocycles. The van der Waals surface area contributed by atoms with Gasteiger partial charge >= 0.3 is 12.1 Å². The minimum Gasteiger partial charge on any atom is -0.490 e. The molecule has 0 unspecified atom stereocenters. The molecule has 1 aliphatic rings. The van der Waals surface area contributed by atoms with Gasteiger partial charge < -0.3 is 14.2 Å². The molecule has 0 saturated heterocycles. The summed E-state index contributed by atoms with van der Waals surface area (Å²) in [6.45, 7) is 3.76. The Labute approximate surface area is 273 Å². The van der Waals surface area contributed by atoms with Gasteiger partial charge in [0.1, 0.15) is 6.61 Å². The normalized spacial score (nSPS) is 15.0. The molecule has 1 aromatic heterocycles. The highest BCUT2D eigenvalue weighted by Crippen LogP contribution is 2.38. The maximum absolute atomic E-state index is 14.3. The summed E-state index contributed by atoms with van der Waals surface area (Å²) in [5, 5.41) is 0.332. The average molecular weight is 722 g/mol. The third-order valence-corrected chi connectivity index (χ3v) is 8.42. The fourth-order valence-electron chi connectivity index (χ4n) is 4.70. The molecule has 3 aromatic carbocycles. The molecule has 7 nitrogen and oxygen atoms in total. The second-order valence-corrected chi connectivity index (χ2v) is 12.0. The number of halogens is 5. The SMILES string of the molecule is CCOC(=O)C1=C(C(F)(F)F)N=c2s/c(=C\c3ccc(OCc4ccc(Br)cc4)c(OCC)c3)c(=O)n2[C@@H]1c1ccc(Cl)cc1. The maximum atomic E-state index is 14.3. The summed E-state index contributed by atoms with van der Waals surface area (Å²) in [7, 11) is 0. The lowest BCUT2D eigenvalue weighted by Gasteiger charge is -2.26. The van der Waals surface area contributed by atoms with Crippen molar-refractivity contribution in [2.24, 2.45) is 4.99 Å². The molecule has 45 heavy (non-hydrogen) atoms. The van der Waals surface area contributed by atoms with Gasteiger partial charge in [-0.3, -0.25) is 9.36 Å². The molecule has 0 fully saturated rings. The lowest BCUT2D eigenvalue weighted by atomic mass is 9.95. The molecule has 234 valence electrons. The van der Waals surface area contributed by atoms with E-state index < -0.39 is 35.0 Å². The van der Waals surface area contributed by atoms with E-state index in [0.717, 1.165) is 25.9 Å². The number of esters is 1. The topological polar surface area (TPSA) is 79.1 Å². The van der Waals surface area contributed by atoms with Crippen LogP contribution in [0.5, 0.6) is 11.5 Å². The fourth-order valence-corrected chi connectivity index (χ4v) is 6.09. The van der Waals surface area contributed by atoms with Crippen LogP contribution < -0.4 is 24.4 Å². The zero-order chi connectivity index (χ0) is 32.3. The van der Waals surface area contributed by atoms with Crippen LogP contribution in [0.1, 0.15) is 36.6 Å². The van der Waals surface area contributed by atoms with E-state index in [4.69, 9.17) is 25.8 Å². The van der Waals surface area contributed by atoms with Gasteiger partial charge in [0, 0.05) is 9.50 Å². The molecular weight excluding hydrogens is 697 g/mol. The summed E-state index contributed by atoms with van der Waals surface area (Å²) in [5.41, 5.74) is -1.10. The number of alkyl halides is 3. The van der Waals surface area contributed by atoms with E-state index >= 15 is 0 Å². The summed E-state index contributed by atoms with van der Waals surface area (Å²) in [6.07, 6.45) is -3.47. The number of thiazole rings is 1. The number of nitrogens with zero attached hydrogens (tertiary/aromatic N) is 2. The van der Waals surface area contributed by atoms with Crippen molar-refractivity contribution in [3.8, 4) is 11.5 Å². The number of hydrogen-bond acceptors (Lipinski definition) is 7. The maximum Gasteiger partial charge on any atom is 0.434 e. The third kappa shape index (κ3) is 7.18. The summed E-state index contributed by atoms with van der Waals surface area (Å²) in [4.78, 5) is 30.4. The van der Waals surface area contributed by atoms with Crippen LogP contribution in [0, 0.1) is 0 Å². The van der Waals surface area contributed by atoms with Crippen LogP contribution in [0.15, 0.2) is 92.3 Å². The number of fused-ring (bicyclic) bond motifs is 1. The van der Waals surface area contributed by atoms with Gasteiger partial charge in [0.2, 0.25) is 0 Å². The Hall–Kier alpha value is -3.87. The van der Waals surface area contributed by atoms with Gasteiger partial charge in [0.15, 0.2) is 22.0 Å². The van der Waals surface area contributed by atoms with Crippen molar-refractivity contribution in [1.29, 1.82) is 0 Å². The van der Waals surface area contributed by atoms with E-state index in [1.807, 2.05) is 31.2 Å². The summed E-state index contributed by atoms with van der Waals surface area (Å²) < 4.78 is 61.9.